The molecule has 2 heterocycles. The van der Waals surface area contributed by atoms with Gasteiger partial charge in [0.05, 0.1) is 16.2 Å². The van der Waals surface area contributed by atoms with Crippen molar-refractivity contribution in [1.82, 2.24) is 9.88 Å². The second-order valence-corrected chi connectivity index (χ2v) is 11.9. The Labute approximate surface area is 211 Å². The maximum atomic E-state index is 13.1. The number of benzene rings is 2. The number of nitrogens with zero attached hydrogens (tertiary/aromatic N) is 3. The van der Waals surface area contributed by atoms with Crippen LogP contribution in [0.2, 0.25) is 5.02 Å². The van der Waals surface area contributed by atoms with Crippen LogP contribution in [0.1, 0.15) is 25.0 Å². The van der Waals surface area contributed by atoms with Crippen LogP contribution in [0.25, 0.3) is 10.8 Å². The van der Waals surface area contributed by atoms with E-state index in [4.69, 9.17) is 17.3 Å². The lowest BCUT2D eigenvalue weighted by Gasteiger charge is -2.41. The van der Waals surface area contributed by atoms with Crippen LogP contribution in [-0.2, 0) is 14.6 Å². The van der Waals surface area contributed by atoms with Gasteiger partial charge in [0.15, 0.2) is 9.84 Å². The number of aryl methyl sites for hydroxylation is 1. The number of hydrogen-bond acceptors (Lipinski definition) is 6. The largest absolute Gasteiger partial charge is 0.371 e. The van der Waals surface area contributed by atoms with E-state index in [0.29, 0.717) is 43.9 Å². The second-order valence-electron chi connectivity index (χ2n) is 9.35. The molecule has 1 fully saturated rings. The van der Waals surface area contributed by atoms with Gasteiger partial charge < -0.3 is 15.5 Å². The summed E-state index contributed by atoms with van der Waals surface area (Å²) in [4.78, 5) is 21.4. The number of halogens is 1. The van der Waals surface area contributed by atoms with Crippen molar-refractivity contribution in [3.63, 3.8) is 0 Å². The van der Waals surface area contributed by atoms with Crippen LogP contribution in [0.5, 0.6) is 0 Å². The fraction of sp³-hybridized carbons (Fsp3) is 0.385. The highest BCUT2D eigenvalue weighted by Crippen LogP contribution is 2.27. The molecule has 0 atom stereocenters. The minimum atomic E-state index is -3.48. The van der Waals surface area contributed by atoms with E-state index in [2.05, 4.69) is 9.88 Å². The first kappa shape index (κ1) is 25.4. The molecule has 1 aliphatic rings. The molecule has 0 saturated carbocycles. The van der Waals surface area contributed by atoms with E-state index < -0.39 is 15.4 Å². The van der Waals surface area contributed by atoms with Crippen molar-refractivity contribution < 1.29 is 13.2 Å². The molecule has 7 nitrogen and oxygen atoms in total. The Morgan fingerprint density at radius 2 is 1.80 bits per heavy atom. The zero-order valence-electron chi connectivity index (χ0n) is 20.1. The van der Waals surface area contributed by atoms with Gasteiger partial charge in [-0.15, -0.1) is 0 Å². The zero-order chi connectivity index (χ0) is 25.2. The third-order valence-electron chi connectivity index (χ3n) is 6.71. The van der Waals surface area contributed by atoms with Crippen LogP contribution < -0.4 is 10.6 Å². The molecule has 4 rings (SSSR count). The lowest BCUT2D eigenvalue weighted by molar-refractivity contribution is -0.136. The number of carbonyl (C=O) groups is 1. The van der Waals surface area contributed by atoms with Crippen molar-refractivity contribution in [2.75, 3.05) is 37.3 Å². The zero-order valence-corrected chi connectivity index (χ0v) is 21.6. The summed E-state index contributed by atoms with van der Waals surface area (Å²) in [6.07, 6.45) is 3.20. The van der Waals surface area contributed by atoms with Crippen molar-refractivity contribution >= 4 is 43.8 Å². The number of piperidine rings is 1. The fourth-order valence-corrected chi connectivity index (χ4v) is 6.09. The molecule has 2 aromatic carbocycles. The number of nitrogens with two attached hydrogens (primary N) is 1. The molecule has 1 aromatic heterocycles. The molecule has 0 aliphatic carbocycles. The van der Waals surface area contributed by atoms with E-state index in [9.17, 15) is 13.2 Å². The van der Waals surface area contributed by atoms with Gasteiger partial charge in [0, 0.05) is 49.3 Å². The fourth-order valence-electron chi connectivity index (χ4n) is 4.58. The Bertz CT molecular complexity index is 1340. The van der Waals surface area contributed by atoms with Crippen LogP contribution in [0.4, 0.5) is 5.69 Å². The summed E-state index contributed by atoms with van der Waals surface area (Å²) in [6.45, 7) is 3.64. The van der Waals surface area contributed by atoms with Crippen molar-refractivity contribution in [1.29, 1.82) is 0 Å². The van der Waals surface area contributed by atoms with Gasteiger partial charge in [0.1, 0.15) is 0 Å². The standard InChI is InChI=1S/C26H31ClN4O3S/c1-19-16-23(8-11-29-19)31-13-9-26(28,10-14-31)25(32)30(2)12-3-15-35(33,34)24-7-5-20-17-22(27)6-4-21(20)18-24/h4-8,11,16-18H,3,9-10,12-15,28H2,1-2H3. The summed E-state index contributed by atoms with van der Waals surface area (Å²) in [6, 6.07) is 14.4. The Morgan fingerprint density at radius 1 is 1.11 bits per heavy atom. The maximum Gasteiger partial charge on any atom is 0.242 e. The molecular weight excluding hydrogens is 484 g/mol. The SMILES string of the molecule is Cc1cc(N2CCC(N)(C(=O)N(C)CCCS(=O)(=O)c3ccc4cc(Cl)ccc4c3)CC2)ccn1. The number of sulfone groups is 1. The van der Waals surface area contributed by atoms with Crippen molar-refractivity contribution in [3.8, 4) is 0 Å². The third-order valence-corrected chi connectivity index (χ3v) is 8.75. The van der Waals surface area contributed by atoms with Gasteiger partial charge >= 0.3 is 0 Å². The lowest BCUT2D eigenvalue weighted by Crippen LogP contribution is -2.60. The molecule has 0 bridgehead atoms. The van der Waals surface area contributed by atoms with E-state index in [1.807, 2.05) is 25.1 Å². The third kappa shape index (κ3) is 5.77. The van der Waals surface area contributed by atoms with Gasteiger partial charge in [0.2, 0.25) is 5.91 Å². The number of hydrogen-bond donors (Lipinski definition) is 1. The number of rotatable bonds is 7. The van der Waals surface area contributed by atoms with E-state index in [1.165, 1.54) is 0 Å². The first-order valence-corrected chi connectivity index (χ1v) is 13.7. The number of pyridine rings is 1. The topological polar surface area (TPSA) is 96.6 Å². The predicted molar refractivity (Wildman–Crippen MR) is 141 cm³/mol. The molecule has 3 aromatic rings. The Balaban J connectivity index is 1.32. The van der Waals surface area contributed by atoms with Crippen LogP contribution in [-0.4, -0.2) is 62.2 Å². The quantitative estimate of drug-likeness (QED) is 0.515. The van der Waals surface area contributed by atoms with Gasteiger partial charge in [-0.05, 0) is 73.4 Å². The monoisotopic (exact) mass is 514 g/mol. The highest BCUT2D eigenvalue weighted by atomic mass is 35.5. The minimum Gasteiger partial charge on any atom is -0.371 e. The Hall–Kier alpha value is -2.68. The number of fused-ring (bicyclic) bond motifs is 1. The summed E-state index contributed by atoms with van der Waals surface area (Å²) in [5.41, 5.74) is 7.62. The molecule has 0 unspecified atom stereocenters. The van der Waals surface area contributed by atoms with Crippen molar-refractivity contribution in [3.05, 3.63) is 65.4 Å². The maximum absolute atomic E-state index is 13.1. The Morgan fingerprint density at radius 3 is 2.51 bits per heavy atom. The second kappa shape index (κ2) is 10.1. The minimum absolute atomic E-state index is 0.0452. The number of amides is 1. The van der Waals surface area contributed by atoms with E-state index in [1.54, 1.807) is 48.5 Å². The van der Waals surface area contributed by atoms with E-state index in [0.717, 1.165) is 22.2 Å². The number of carbonyl (C=O) groups excluding carboxylic acids is 1. The van der Waals surface area contributed by atoms with Gasteiger partial charge in [-0.3, -0.25) is 9.78 Å². The highest BCUT2D eigenvalue weighted by molar-refractivity contribution is 7.91. The summed E-state index contributed by atoms with van der Waals surface area (Å²) in [7, 11) is -1.78. The molecule has 0 spiro atoms. The van der Waals surface area contributed by atoms with Crippen LogP contribution >= 0.6 is 11.6 Å². The van der Waals surface area contributed by atoms with Gasteiger partial charge in [-0.2, -0.15) is 0 Å². The summed E-state index contributed by atoms with van der Waals surface area (Å²) in [5, 5.41) is 2.32. The van der Waals surface area contributed by atoms with Gasteiger partial charge in [0.25, 0.3) is 0 Å². The first-order valence-electron chi connectivity index (χ1n) is 11.7. The number of anilines is 1. The van der Waals surface area contributed by atoms with Crippen LogP contribution in [0.15, 0.2) is 59.6 Å². The van der Waals surface area contributed by atoms with Gasteiger partial charge in [-0.25, -0.2) is 8.42 Å². The van der Waals surface area contributed by atoms with E-state index >= 15 is 0 Å². The molecule has 35 heavy (non-hydrogen) atoms. The smallest absolute Gasteiger partial charge is 0.242 e. The predicted octanol–water partition coefficient (Wildman–Crippen LogP) is 3.82. The normalized spacial score (nSPS) is 15.8. The number of likely N-dealkylation sites (N-methyl/N-ethyl adjacent to an activating group) is 1. The molecular formula is C26H31ClN4O3S. The van der Waals surface area contributed by atoms with Crippen molar-refractivity contribution in [2.45, 2.75) is 36.6 Å². The summed E-state index contributed by atoms with van der Waals surface area (Å²) >= 11 is 6.01. The number of aromatic nitrogens is 1. The highest BCUT2D eigenvalue weighted by Gasteiger charge is 2.39. The molecule has 186 valence electrons. The average molecular weight is 515 g/mol. The molecule has 2 N–H and O–H groups in total. The summed E-state index contributed by atoms with van der Waals surface area (Å²) in [5.74, 6) is -0.181. The first-order chi connectivity index (χ1) is 16.6. The molecule has 1 amide bonds. The average Bonchev–Trinajstić information content (AvgIpc) is 2.83. The van der Waals surface area contributed by atoms with Crippen LogP contribution in [0, 0.1) is 6.92 Å². The molecule has 9 heteroatoms. The van der Waals surface area contributed by atoms with Crippen LogP contribution in [0.3, 0.4) is 0 Å². The van der Waals surface area contributed by atoms with E-state index in [-0.39, 0.29) is 16.6 Å². The molecule has 1 saturated heterocycles. The molecule has 1 aliphatic heterocycles. The Kier molecular flexibility index (Phi) is 7.35. The van der Waals surface area contributed by atoms with Crippen molar-refractivity contribution in [2.24, 2.45) is 5.73 Å². The lowest BCUT2D eigenvalue weighted by atomic mass is 9.87. The summed E-state index contributed by atoms with van der Waals surface area (Å²) < 4.78 is 25.8. The molecule has 0 radical (unpaired) electrons. The van der Waals surface area contributed by atoms with Gasteiger partial charge in [-0.1, -0.05) is 23.7 Å².